The number of halogens is 4. The monoisotopic (exact) mass is 314 g/mol. The first kappa shape index (κ1) is 17.2. The second kappa shape index (κ2) is 6.28. The fourth-order valence-corrected chi connectivity index (χ4v) is 2.22. The first-order chi connectivity index (χ1) is 8.80. The van der Waals surface area contributed by atoms with Gasteiger partial charge in [0.2, 0.25) is 5.89 Å². The summed E-state index contributed by atoms with van der Waals surface area (Å²) >= 11 is 0. The summed E-state index contributed by atoms with van der Waals surface area (Å²) < 4.78 is 41.3. The van der Waals surface area contributed by atoms with Gasteiger partial charge >= 0.3 is 6.18 Å². The van der Waals surface area contributed by atoms with E-state index in [1.165, 1.54) is 0 Å². The molecule has 1 aliphatic heterocycles. The summed E-state index contributed by atoms with van der Waals surface area (Å²) in [6.45, 7) is 4.69. The summed E-state index contributed by atoms with van der Waals surface area (Å²) in [5.41, 5.74) is 5.76. The van der Waals surface area contributed by atoms with Crippen LogP contribution in [-0.2, 0) is 13.0 Å². The topological polar surface area (TPSA) is 68.2 Å². The minimum absolute atomic E-state index is 0. The molecule has 0 spiro atoms. The molecule has 0 amide bonds. The Kier molecular flexibility index (Phi) is 5.39. The first-order valence-corrected chi connectivity index (χ1v) is 6.10. The molecule has 0 radical (unpaired) electrons. The van der Waals surface area contributed by atoms with E-state index < -0.39 is 12.6 Å². The van der Waals surface area contributed by atoms with Gasteiger partial charge in [-0.25, -0.2) is 0 Å². The normalized spacial score (nSPS) is 23.9. The van der Waals surface area contributed by atoms with Crippen LogP contribution >= 0.6 is 12.4 Å². The standard InChI is InChI=1S/C11H17F3N4O.ClH/c1-10(6-15)2-3-18(7-10)5-9-16-8(17-19-9)4-11(12,13)14;/h2-7,15H2,1H3;1H. The van der Waals surface area contributed by atoms with Gasteiger partial charge in [0.05, 0.1) is 6.54 Å². The number of nitrogens with zero attached hydrogens (tertiary/aromatic N) is 3. The molecule has 1 unspecified atom stereocenters. The van der Waals surface area contributed by atoms with Crippen LogP contribution < -0.4 is 5.73 Å². The zero-order valence-electron chi connectivity index (χ0n) is 11.1. The summed E-state index contributed by atoms with van der Waals surface area (Å²) in [5.74, 6) is -0.0937. The maximum Gasteiger partial charge on any atom is 0.396 e. The summed E-state index contributed by atoms with van der Waals surface area (Å²) in [5, 5.41) is 3.34. The number of alkyl halides is 3. The molecule has 1 fully saturated rings. The van der Waals surface area contributed by atoms with E-state index >= 15 is 0 Å². The van der Waals surface area contributed by atoms with Gasteiger partial charge in [-0.1, -0.05) is 12.1 Å². The van der Waals surface area contributed by atoms with Crippen LogP contribution in [0.1, 0.15) is 25.1 Å². The van der Waals surface area contributed by atoms with Crippen molar-refractivity contribution in [3.05, 3.63) is 11.7 Å². The van der Waals surface area contributed by atoms with Gasteiger partial charge in [-0.15, -0.1) is 12.4 Å². The molecule has 20 heavy (non-hydrogen) atoms. The van der Waals surface area contributed by atoms with Gasteiger partial charge in [0.1, 0.15) is 6.42 Å². The second-order valence-electron chi connectivity index (χ2n) is 5.37. The Morgan fingerprint density at radius 1 is 1.45 bits per heavy atom. The van der Waals surface area contributed by atoms with Crippen molar-refractivity contribution in [3.63, 3.8) is 0 Å². The average Bonchev–Trinajstić information content (AvgIpc) is 2.86. The maximum atomic E-state index is 12.2. The molecule has 0 aliphatic carbocycles. The third-order valence-electron chi connectivity index (χ3n) is 3.36. The quantitative estimate of drug-likeness (QED) is 0.917. The number of hydrogen-bond donors (Lipinski definition) is 1. The Hall–Kier alpha value is -0.860. The van der Waals surface area contributed by atoms with Crippen LogP contribution in [0, 0.1) is 5.41 Å². The van der Waals surface area contributed by atoms with E-state index in [9.17, 15) is 13.2 Å². The Bertz CT molecular complexity index is 440. The largest absolute Gasteiger partial charge is 0.396 e. The Balaban J connectivity index is 0.00000200. The van der Waals surface area contributed by atoms with Gasteiger partial charge in [-0.3, -0.25) is 4.90 Å². The molecule has 2 N–H and O–H groups in total. The van der Waals surface area contributed by atoms with E-state index in [4.69, 9.17) is 10.3 Å². The molecule has 1 atom stereocenters. The van der Waals surface area contributed by atoms with E-state index in [2.05, 4.69) is 22.0 Å². The third-order valence-corrected chi connectivity index (χ3v) is 3.36. The average molecular weight is 315 g/mol. The van der Waals surface area contributed by atoms with Crippen molar-refractivity contribution >= 4 is 12.4 Å². The van der Waals surface area contributed by atoms with Crippen LogP contribution in [0.3, 0.4) is 0 Å². The van der Waals surface area contributed by atoms with Crippen molar-refractivity contribution in [2.75, 3.05) is 19.6 Å². The van der Waals surface area contributed by atoms with Gasteiger partial charge in [0, 0.05) is 6.54 Å². The Labute approximate surface area is 121 Å². The van der Waals surface area contributed by atoms with E-state index in [-0.39, 0.29) is 29.5 Å². The molecule has 5 nitrogen and oxygen atoms in total. The van der Waals surface area contributed by atoms with Crippen molar-refractivity contribution in [3.8, 4) is 0 Å². The lowest BCUT2D eigenvalue weighted by Gasteiger charge is -2.21. The van der Waals surface area contributed by atoms with Gasteiger partial charge in [-0.05, 0) is 24.9 Å². The highest BCUT2D eigenvalue weighted by Gasteiger charge is 2.34. The molecule has 2 rings (SSSR count). The molecule has 0 aromatic carbocycles. The molecule has 0 saturated carbocycles. The molecule has 116 valence electrons. The van der Waals surface area contributed by atoms with Gasteiger partial charge in [0.15, 0.2) is 5.82 Å². The summed E-state index contributed by atoms with van der Waals surface area (Å²) in [6, 6.07) is 0. The molecule has 0 bridgehead atoms. The van der Waals surface area contributed by atoms with Crippen molar-refractivity contribution in [2.45, 2.75) is 32.5 Å². The maximum absolute atomic E-state index is 12.2. The molecule has 1 saturated heterocycles. The second-order valence-corrected chi connectivity index (χ2v) is 5.37. The molecule has 9 heteroatoms. The highest BCUT2D eigenvalue weighted by molar-refractivity contribution is 5.85. The Morgan fingerprint density at radius 3 is 2.70 bits per heavy atom. The van der Waals surface area contributed by atoms with Crippen LogP contribution in [0.4, 0.5) is 13.2 Å². The lowest BCUT2D eigenvalue weighted by Crippen LogP contribution is -2.31. The van der Waals surface area contributed by atoms with Gasteiger partial charge in [0.25, 0.3) is 0 Å². The number of likely N-dealkylation sites (tertiary alicyclic amines) is 1. The van der Waals surface area contributed by atoms with Crippen molar-refractivity contribution in [1.29, 1.82) is 0 Å². The van der Waals surface area contributed by atoms with E-state index in [1.807, 2.05) is 0 Å². The zero-order chi connectivity index (χ0) is 14.1. The third kappa shape index (κ3) is 4.60. The van der Waals surface area contributed by atoms with Gasteiger partial charge in [-0.2, -0.15) is 18.2 Å². The number of hydrogen-bond acceptors (Lipinski definition) is 5. The highest BCUT2D eigenvalue weighted by Crippen LogP contribution is 2.29. The van der Waals surface area contributed by atoms with Crippen LogP contribution in [0.5, 0.6) is 0 Å². The number of rotatable bonds is 4. The lowest BCUT2D eigenvalue weighted by molar-refractivity contribution is -0.128. The molecule has 2 heterocycles. The fourth-order valence-electron chi connectivity index (χ4n) is 2.22. The molecule has 1 aromatic rings. The summed E-state index contributed by atoms with van der Waals surface area (Å²) in [6.07, 6.45) is -4.50. The predicted molar refractivity (Wildman–Crippen MR) is 68.4 cm³/mol. The summed E-state index contributed by atoms with van der Waals surface area (Å²) in [7, 11) is 0. The van der Waals surface area contributed by atoms with Crippen LogP contribution in [0.25, 0.3) is 0 Å². The van der Waals surface area contributed by atoms with Crippen molar-refractivity contribution in [1.82, 2.24) is 15.0 Å². The van der Waals surface area contributed by atoms with E-state index in [0.717, 1.165) is 19.5 Å². The van der Waals surface area contributed by atoms with Crippen molar-refractivity contribution in [2.24, 2.45) is 11.1 Å². The van der Waals surface area contributed by atoms with Gasteiger partial charge < -0.3 is 10.3 Å². The van der Waals surface area contributed by atoms with E-state index in [0.29, 0.717) is 13.1 Å². The minimum atomic E-state index is -4.31. The van der Waals surface area contributed by atoms with Crippen LogP contribution in [0.15, 0.2) is 4.52 Å². The molecule has 1 aromatic heterocycles. The highest BCUT2D eigenvalue weighted by atomic mass is 35.5. The Morgan fingerprint density at radius 2 is 2.15 bits per heavy atom. The molecule has 1 aliphatic rings. The van der Waals surface area contributed by atoms with Crippen molar-refractivity contribution < 1.29 is 17.7 Å². The summed E-state index contributed by atoms with van der Waals surface area (Å²) in [4.78, 5) is 5.83. The number of aromatic nitrogens is 2. The molecular weight excluding hydrogens is 297 g/mol. The molecular formula is C11H18ClF3N4O. The SMILES string of the molecule is CC1(CN)CCN(Cc2nc(CC(F)(F)F)no2)C1.Cl. The van der Waals surface area contributed by atoms with E-state index in [1.54, 1.807) is 0 Å². The zero-order valence-corrected chi connectivity index (χ0v) is 11.9. The predicted octanol–water partition coefficient (Wildman–Crippen LogP) is 1.77. The van der Waals surface area contributed by atoms with Crippen LogP contribution in [0.2, 0.25) is 0 Å². The number of nitrogens with two attached hydrogens (primary N) is 1. The first-order valence-electron chi connectivity index (χ1n) is 6.10. The van der Waals surface area contributed by atoms with Crippen LogP contribution in [-0.4, -0.2) is 40.9 Å². The smallest absolute Gasteiger partial charge is 0.338 e. The fraction of sp³-hybridized carbons (Fsp3) is 0.818. The minimum Gasteiger partial charge on any atom is -0.338 e. The lowest BCUT2D eigenvalue weighted by atomic mass is 9.90.